The number of fused-ring (bicyclic) bond motifs is 1. The van der Waals surface area contributed by atoms with Gasteiger partial charge < -0.3 is 15.2 Å². The number of hydrogen-bond acceptors (Lipinski definition) is 4. The summed E-state index contributed by atoms with van der Waals surface area (Å²) in [5, 5.41) is 7.98. The average molecular weight is 397 g/mol. The molecule has 28 heavy (non-hydrogen) atoms. The highest BCUT2D eigenvalue weighted by Crippen LogP contribution is 2.28. The Hall–Kier alpha value is -2.67. The van der Waals surface area contributed by atoms with Crippen molar-refractivity contribution < 1.29 is 9.59 Å². The van der Waals surface area contributed by atoms with Crippen molar-refractivity contribution in [1.82, 2.24) is 20.2 Å². The van der Waals surface area contributed by atoms with Crippen LogP contribution in [0.25, 0.3) is 11.0 Å². The van der Waals surface area contributed by atoms with Crippen molar-refractivity contribution in [3.63, 3.8) is 0 Å². The highest BCUT2D eigenvalue weighted by atomic mass is 32.1. The molecule has 1 fully saturated rings. The summed E-state index contributed by atoms with van der Waals surface area (Å²) in [5.74, 6) is 1.26. The van der Waals surface area contributed by atoms with E-state index in [1.54, 1.807) is 11.3 Å². The van der Waals surface area contributed by atoms with E-state index in [-0.39, 0.29) is 24.3 Å². The van der Waals surface area contributed by atoms with Gasteiger partial charge in [0.15, 0.2) is 0 Å². The van der Waals surface area contributed by atoms with Gasteiger partial charge in [-0.1, -0.05) is 18.2 Å². The second-order valence-corrected chi connectivity index (χ2v) is 8.16. The Bertz CT molecular complexity index is 960. The summed E-state index contributed by atoms with van der Waals surface area (Å²) >= 11 is 1.63. The molecule has 2 aromatic heterocycles. The molecule has 0 aliphatic heterocycles. The maximum Gasteiger partial charge on any atom is 0.240 e. The fraction of sp³-hybridized carbons (Fsp3) is 0.381. The molecule has 0 unspecified atom stereocenters. The molecule has 2 heterocycles. The van der Waals surface area contributed by atoms with Gasteiger partial charge in [-0.05, 0) is 42.8 Å². The summed E-state index contributed by atoms with van der Waals surface area (Å²) < 4.78 is 1.99. The smallest absolute Gasteiger partial charge is 0.240 e. The molecule has 6 nitrogen and oxygen atoms in total. The highest BCUT2D eigenvalue weighted by Gasteiger charge is 2.29. The SMILES string of the molecule is O=C(Cn1c(CCCNC(=O)C2CC2)nc2ccccc21)NCc1cccs1. The largest absolute Gasteiger partial charge is 0.356 e. The van der Waals surface area contributed by atoms with Crippen molar-refractivity contribution in [2.24, 2.45) is 5.92 Å². The van der Waals surface area contributed by atoms with Crippen LogP contribution in [0.1, 0.15) is 30.0 Å². The van der Waals surface area contributed by atoms with E-state index in [1.165, 1.54) is 0 Å². The third-order valence-electron chi connectivity index (χ3n) is 4.90. The first-order valence-corrected chi connectivity index (χ1v) is 10.6. The van der Waals surface area contributed by atoms with Crippen molar-refractivity contribution in [3.8, 4) is 0 Å². The average Bonchev–Trinajstić information content (AvgIpc) is 3.32. The summed E-state index contributed by atoms with van der Waals surface area (Å²) in [6, 6.07) is 11.9. The van der Waals surface area contributed by atoms with Crippen molar-refractivity contribution >= 4 is 34.2 Å². The third-order valence-corrected chi connectivity index (χ3v) is 5.78. The fourth-order valence-electron chi connectivity index (χ4n) is 3.24. The van der Waals surface area contributed by atoms with Gasteiger partial charge in [0.1, 0.15) is 12.4 Å². The van der Waals surface area contributed by atoms with Gasteiger partial charge in [-0.3, -0.25) is 9.59 Å². The molecule has 0 atom stereocenters. The van der Waals surface area contributed by atoms with Gasteiger partial charge in [0.05, 0.1) is 17.6 Å². The molecule has 1 aromatic carbocycles. The Balaban J connectivity index is 1.39. The Morgan fingerprint density at radius 1 is 1.14 bits per heavy atom. The molecule has 0 radical (unpaired) electrons. The standard InChI is InChI=1S/C21H24N4O2S/c26-20(23-13-16-5-4-12-28-16)14-25-18-7-2-1-6-17(18)24-19(25)8-3-11-22-21(27)15-9-10-15/h1-2,4-7,12,15H,3,8-11,13-14H2,(H,22,27)(H,23,26). The van der Waals surface area contributed by atoms with Crippen LogP contribution in [0.2, 0.25) is 0 Å². The number of nitrogens with zero attached hydrogens (tertiary/aromatic N) is 2. The van der Waals surface area contributed by atoms with Gasteiger partial charge in [0.25, 0.3) is 0 Å². The topological polar surface area (TPSA) is 76.0 Å². The maximum atomic E-state index is 12.5. The second kappa shape index (κ2) is 8.56. The van der Waals surface area contributed by atoms with Gasteiger partial charge in [-0.15, -0.1) is 11.3 Å². The van der Waals surface area contributed by atoms with Gasteiger partial charge in [-0.2, -0.15) is 0 Å². The first-order chi connectivity index (χ1) is 13.7. The normalized spacial score (nSPS) is 13.6. The molecule has 4 rings (SSSR count). The van der Waals surface area contributed by atoms with Gasteiger partial charge in [-0.25, -0.2) is 4.98 Å². The van der Waals surface area contributed by atoms with Crippen molar-refractivity contribution in [1.29, 1.82) is 0 Å². The van der Waals surface area contributed by atoms with Crippen molar-refractivity contribution in [2.45, 2.75) is 38.8 Å². The van der Waals surface area contributed by atoms with E-state index in [0.717, 1.165) is 47.4 Å². The minimum absolute atomic E-state index is 0.0279. The monoisotopic (exact) mass is 396 g/mol. The van der Waals surface area contributed by atoms with Crippen LogP contribution in [0.15, 0.2) is 41.8 Å². The lowest BCUT2D eigenvalue weighted by molar-refractivity contribution is -0.122. The quantitative estimate of drug-likeness (QED) is 0.546. The molecule has 0 spiro atoms. The van der Waals surface area contributed by atoms with Crippen LogP contribution in [0.5, 0.6) is 0 Å². The molecule has 1 saturated carbocycles. The van der Waals surface area contributed by atoms with Crippen LogP contribution in [0, 0.1) is 5.92 Å². The fourth-order valence-corrected chi connectivity index (χ4v) is 3.88. The zero-order valence-corrected chi connectivity index (χ0v) is 16.5. The summed E-state index contributed by atoms with van der Waals surface area (Å²) in [4.78, 5) is 30.1. The van der Waals surface area contributed by atoms with E-state index >= 15 is 0 Å². The number of carbonyl (C=O) groups is 2. The van der Waals surface area contributed by atoms with E-state index in [1.807, 2.05) is 46.3 Å². The Morgan fingerprint density at radius 3 is 2.79 bits per heavy atom. The number of aromatic nitrogens is 2. The lowest BCUT2D eigenvalue weighted by atomic mass is 10.2. The maximum absolute atomic E-state index is 12.5. The number of benzene rings is 1. The van der Waals surface area contributed by atoms with Gasteiger partial charge in [0.2, 0.25) is 11.8 Å². The molecule has 7 heteroatoms. The van der Waals surface area contributed by atoms with E-state index < -0.39 is 0 Å². The summed E-state index contributed by atoms with van der Waals surface area (Å²) in [7, 11) is 0. The predicted molar refractivity (Wildman–Crippen MR) is 110 cm³/mol. The van der Waals surface area contributed by atoms with Crippen molar-refractivity contribution in [3.05, 3.63) is 52.5 Å². The molecule has 0 bridgehead atoms. The number of amides is 2. The number of rotatable bonds is 9. The zero-order valence-electron chi connectivity index (χ0n) is 15.7. The number of thiophene rings is 1. The summed E-state index contributed by atoms with van der Waals surface area (Å²) in [6.07, 6.45) is 3.56. The Kier molecular flexibility index (Phi) is 5.71. The van der Waals surface area contributed by atoms with Crippen LogP contribution < -0.4 is 10.6 Å². The van der Waals surface area contributed by atoms with Crippen LogP contribution >= 0.6 is 11.3 Å². The first kappa shape index (κ1) is 18.7. The summed E-state index contributed by atoms with van der Waals surface area (Å²) in [6.45, 7) is 1.43. The second-order valence-electron chi connectivity index (χ2n) is 7.13. The van der Waals surface area contributed by atoms with E-state index in [9.17, 15) is 9.59 Å². The van der Waals surface area contributed by atoms with Gasteiger partial charge >= 0.3 is 0 Å². The third kappa shape index (κ3) is 4.59. The molecule has 3 aromatic rings. The number of imidazole rings is 1. The number of hydrogen-bond donors (Lipinski definition) is 2. The zero-order chi connectivity index (χ0) is 19.3. The Morgan fingerprint density at radius 2 is 2.00 bits per heavy atom. The summed E-state index contributed by atoms with van der Waals surface area (Å²) in [5.41, 5.74) is 1.86. The number of nitrogens with one attached hydrogen (secondary N) is 2. The molecule has 1 aliphatic rings. The van der Waals surface area contributed by atoms with Crippen LogP contribution in [0.4, 0.5) is 0 Å². The molecule has 1 aliphatic carbocycles. The van der Waals surface area contributed by atoms with Crippen LogP contribution in [-0.2, 0) is 29.1 Å². The molecule has 2 N–H and O–H groups in total. The highest BCUT2D eigenvalue weighted by molar-refractivity contribution is 7.09. The molecular weight excluding hydrogens is 372 g/mol. The minimum atomic E-state index is -0.0279. The minimum Gasteiger partial charge on any atom is -0.356 e. The van der Waals surface area contributed by atoms with E-state index in [0.29, 0.717) is 13.1 Å². The van der Waals surface area contributed by atoms with E-state index in [2.05, 4.69) is 10.6 Å². The molecule has 0 saturated heterocycles. The number of para-hydroxylation sites is 2. The lowest BCUT2D eigenvalue weighted by Crippen LogP contribution is -2.28. The first-order valence-electron chi connectivity index (χ1n) is 9.71. The molecule has 2 amide bonds. The van der Waals surface area contributed by atoms with E-state index in [4.69, 9.17) is 4.98 Å². The lowest BCUT2D eigenvalue weighted by Gasteiger charge is -2.10. The van der Waals surface area contributed by atoms with Crippen LogP contribution in [-0.4, -0.2) is 27.9 Å². The van der Waals surface area contributed by atoms with Gasteiger partial charge in [0, 0.05) is 23.8 Å². The molecular formula is C21H24N4O2S. The predicted octanol–water partition coefficient (Wildman–Crippen LogP) is 2.87. The van der Waals surface area contributed by atoms with Crippen molar-refractivity contribution in [2.75, 3.05) is 6.54 Å². The van der Waals surface area contributed by atoms with Crippen LogP contribution in [0.3, 0.4) is 0 Å². The number of carbonyl (C=O) groups excluding carboxylic acids is 2. The number of aryl methyl sites for hydroxylation is 1. The molecule has 146 valence electrons. The Labute approximate surface area is 168 Å².